The van der Waals surface area contributed by atoms with E-state index in [2.05, 4.69) is 0 Å². The molecule has 1 heterocycles. The van der Waals surface area contributed by atoms with Crippen LogP contribution < -0.4 is 14.2 Å². The first kappa shape index (κ1) is 21.6. The van der Waals surface area contributed by atoms with Gasteiger partial charge in [-0.3, -0.25) is 9.59 Å². The number of methoxy groups -OCH3 is 2. The molecule has 0 spiro atoms. The molecule has 3 rings (SSSR count). The molecule has 2 aromatic rings. The summed E-state index contributed by atoms with van der Waals surface area (Å²) in [6, 6.07) is 13.1. The van der Waals surface area contributed by atoms with Crippen molar-refractivity contribution in [3.8, 4) is 17.2 Å². The quantitative estimate of drug-likeness (QED) is 0.555. The van der Waals surface area contributed by atoms with Gasteiger partial charge in [-0.15, -0.1) is 0 Å². The summed E-state index contributed by atoms with van der Waals surface area (Å²) < 4.78 is 15.9. The first-order valence-corrected chi connectivity index (χ1v) is 9.84. The van der Waals surface area contributed by atoms with Gasteiger partial charge >= 0.3 is 5.97 Å². The summed E-state index contributed by atoms with van der Waals surface area (Å²) in [5.41, 5.74) is 1.22. The maximum Gasteiger partial charge on any atom is 0.308 e. The lowest BCUT2D eigenvalue weighted by Gasteiger charge is -2.29. The number of amides is 1. The second kappa shape index (κ2) is 9.17. The minimum absolute atomic E-state index is 0.0512. The monoisotopic (exact) mass is 413 g/mol. The number of likely N-dealkylation sites (tertiary alicyclic amines) is 1. The molecular formula is C23H27NO6. The van der Waals surface area contributed by atoms with Gasteiger partial charge in [0.1, 0.15) is 0 Å². The molecule has 1 saturated heterocycles. The summed E-state index contributed by atoms with van der Waals surface area (Å²) in [6.45, 7) is 2.42. The number of carbonyl (C=O) groups is 2. The number of hydrogen-bond donors (Lipinski definition) is 1. The van der Waals surface area contributed by atoms with Crippen molar-refractivity contribution in [3.63, 3.8) is 0 Å². The normalized spacial score (nSPS) is 18.2. The van der Waals surface area contributed by atoms with E-state index in [9.17, 15) is 14.7 Å². The highest BCUT2D eigenvalue weighted by Gasteiger charge is 2.41. The molecule has 1 atom stereocenters. The van der Waals surface area contributed by atoms with Crippen LogP contribution in [0.1, 0.15) is 35.7 Å². The van der Waals surface area contributed by atoms with E-state index in [0.717, 1.165) is 12.0 Å². The lowest BCUT2D eigenvalue weighted by atomic mass is 9.77. The first-order chi connectivity index (χ1) is 14.4. The molecule has 7 heteroatoms. The number of hydrogen-bond acceptors (Lipinski definition) is 6. The Kier molecular flexibility index (Phi) is 6.62. The van der Waals surface area contributed by atoms with Crippen LogP contribution in [0.3, 0.4) is 0 Å². The highest BCUT2D eigenvalue weighted by molar-refractivity contribution is 5.96. The molecule has 0 aliphatic carbocycles. The maximum atomic E-state index is 13.3. The molecule has 1 fully saturated rings. The predicted molar refractivity (Wildman–Crippen MR) is 111 cm³/mol. The predicted octanol–water partition coefficient (Wildman–Crippen LogP) is 2.80. The fourth-order valence-electron chi connectivity index (χ4n) is 4.07. The Balaban J connectivity index is 1.91. The van der Waals surface area contributed by atoms with Crippen LogP contribution in [-0.4, -0.2) is 55.8 Å². The van der Waals surface area contributed by atoms with Gasteiger partial charge in [0.25, 0.3) is 5.91 Å². The zero-order valence-electron chi connectivity index (χ0n) is 17.5. The Labute approximate surface area is 176 Å². The molecule has 30 heavy (non-hydrogen) atoms. The molecule has 0 saturated carbocycles. The highest BCUT2D eigenvalue weighted by atomic mass is 16.6. The summed E-state index contributed by atoms with van der Waals surface area (Å²) >= 11 is 0. The molecule has 0 bridgehead atoms. The van der Waals surface area contributed by atoms with E-state index in [1.165, 1.54) is 21.1 Å². The van der Waals surface area contributed by atoms with Crippen LogP contribution in [-0.2, 0) is 10.2 Å². The van der Waals surface area contributed by atoms with E-state index in [0.29, 0.717) is 25.1 Å². The molecule has 0 aromatic heterocycles. The second-order valence-electron chi connectivity index (χ2n) is 7.40. The van der Waals surface area contributed by atoms with Gasteiger partial charge in [-0.05, 0) is 30.5 Å². The molecule has 1 amide bonds. The smallest absolute Gasteiger partial charge is 0.308 e. The standard InChI is InChI=1S/C23H27NO6/c1-16(26)30-21-19(28-2)13-17(14-20(21)29-3)22(27)24-11-9-23(15-24,10-12-25)18-7-5-4-6-8-18/h4-8,13-14,25H,9-12,15H2,1-3H3. The van der Waals surface area contributed by atoms with E-state index in [-0.39, 0.29) is 35.2 Å². The van der Waals surface area contributed by atoms with Crippen molar-refractivity contribution in [2.75, 3.05) is 33.9 Å². The molecule has 1 N–H and O–H groups in total. The van der Waals surface area contributed by atoms with Gasteiger partial charge in [0.15, 0.2) is 11.5 Å². The third kappa shape index (κ3) is 4.26. The Morgan fingerprint density at radius 3 is 2.27 bits per heavy atom. The third-order valence-corrected chi connectivity index (χ3v) is 5.57. The number of esters is 1. The van der Waals surface area contributed by atoms with Crippen molar-refractivity contribution >= 4 is 11.9 Å². The van der Waals surface area contributed by atoms with Crippen molar-refractivity contribution in [1.29, 1.82) is 0 Å². The van der Waals surface area contributed by atoms with E-state index in [1.54, 1.807) is 17.0 Å². The molecule has 160 valence electrons. The van der Waals surface area contributed by atoms with Gasteiger partial charge in [0, 0.05) is 37.6 Å². The minimum Gasteiger partial charge on any atom is -0.493 e. The van der Waals surface area contributed by atoms with Crippen molar-refractivity contribution in [2.24, 2.45) is 0 Å². The number of ether oxygens (including phenoxy) is 3. The minimum atomic E-state index is -0.512. The lowest BCUT2D eigenvalue weighted by Crippen LogP contribution is -2.35. The van der Waals surface area contributed by atoms with Gasteiger partial charge in [0.05, 0.1) is 14.2 Å². The number of aliphatic hydroxyl groups excluding tert-OH is 1. The molecule has 0 radical (unpaired) electrons. The lowest BCUT2D eigenvalue weighted by molar-refractivity contribution is -0.132. The fourth-order valence-corrected chi connectivity index (χ4v) is 4.07. The van der Waals surface area contributed by atoms with Crippen LogP contribution in [0.4, 0.5) is 0 Å². The topological polar surface area (TPSA) is 85.3 Å². The zero-order valence-corrected chi connectivity index (χ0v) is 17.5. The van der Waals surface area contributed by atoms with Crippen LogP contribution >= 0.6 is 0 Å². The summed E-state index contributed by atoms with van der Waals surface area (Å²) in [6.07, 6.45) is 1.35. The van der Waals surface area contributed by atoms with Gasteiger partial charge in [-0.2, -0.15) is 0 Å². The van der Waals surface area contributed by atoms with Gasteiger partial charge < -0.3 is 24.2 Å². The molecule has 1 aliphatic rings. The van der Waals surface area contributed by atoms with Gasteiger partial charge in [-0.25, -0.2) is 0 Å². The molecule has 7 nitrogen and oxygen atoms in total. The second-order valence-corrected chi connectivity index (χ2v) is 7.40. The molecule has 1 aliphatic heterocycles. The Morgan fingerprint density at radius 2 is 1.73 bits per heavy atom. The number of carbonyl (C=O) groups excluding carboxylic acids is 2. The fraction of sp³-hybridized carbons (Fsp3) is 0.391. The number of rotatable bonds is 7. The summed E-state index contributed by atoms with van der Waals surface area (Å²) in [7, 11) is 2.88. The zero-order chi connectivity index (χ0) is 21.7. The number of aliphatic hydroxyl groups is 1. The Morgan fingerprint density at radius 1 is 1.10 bits per heavy atom. The third-order valence-electron chi connectivity index (χ3n) is 5.57. The largest absolute Gasteiger partial charge is 0.493 e. The molecule has 2 aromatic carbocycles. The van der Waals surface area contributed by atoms with Gasteiger partial charge in [0.2, 0.25) is 5.75 Å². The van der Waals surface area contributed by atoms with Crippen molar-refractivity contribution in [2.45, 2.75) is 25.2 Å². The molecule has 1 unspecified atom stereocenters. The highest BCUT2D eigenvalue weighted by Crippen LogP contribution is 2.41. The van der Waals surface area contributed by atoms with Crippen molar-refractivity contribution in [3.05, 3.63) is 53.6 Å². The van der Waals surface area contributed by atoms with Crippen LogP contribution in [0.2, 0.25) is 0 Å². The summed E-state index contributed by atoms with van der Waals surface area (Å²) in [4.78, 5) is 26.5. The van der Waals surface area contributed by atoms with Crippen LogP contribution in [0, 0.1) is 0 Å². The van der Waals surface area contributed by atoms with Crippen molar-refractivity contribution in [1.82, 2.24) is 4.90 Å². The number of nitrogens with zero attached hydrogens (tertiary/aromatic N) is 1. The van der Waals surface area contributed by atoms with E-state index in [1.807, 2.05) is 30.3 Å². The Bertz CT molecular complexity index is 888. The van der Waals surface area contributed by atoms with E-state index >= 15 is 0 Å². The number of benzene rings is 2. The Hall–Kier alpha value is -3.06. The van der Waals surface area contributed by atoms with Gasteiger partial charge in [-0.1, -0.05) is 30.3 Å². The van der Waals surface area contributed by atoms with E-state index in [4.69, 9.17) is 14.2 Å². The van der Waals surface area contributed by atoms with Crippen LogP contribution in [0.25, 0.3) is 0 Å². The maximum absolute atomic E-state index is 13.3. The van der Waals surface area contributed by atoms with Crippen LogP contribution in [0.15, 0.2) is 42.5 Å². The summed E-state index contributed by atoms with van der Waals surface area (Å²) in [5, 5.41) is 9.66. The van der Waals surface area contributed by atoms with Crippen molar-refractivity contribution < 1.29 is 28.9 Å². The average molecular weight is 413 g/mol. The first-order valence-electron chi connectivity index (χ1n) is 9.84. The van der Waals surface area contributed by atoms with E-state index < -0.39 is 5.97 Å². The van der Waals surface area contributed by atoms with Crippen LogP contribution in [0.5, 0.6) is 17.2 Å². The summed E-state index contributed by atoms with van der Waals surface area (Å²) in [5.74, 6) is -0.0449. The average Bonchev–Trinajstić information content (AvgIpc) is 3.19. The molecular weight excluding hydrogens is 386 g/mol. The SMILES string of the molecule is COc1cc(C(=O)N2CCC(CCO)(c3ccccc3)C2)cc(OC)c1OC(C)=O.